The van der Waals surface area contributed by atoms with E-state index in [2.05, 4.69) is 37.5 Å². The first kappa shape index (κ1) is 20.6. The molecule has 12 heteroatoms. The summed E-state index contributed by atoms with van der Waals surface area (Å²) in [5.74, 6) is 0.369. The second-order valence-corrected chi connectivity index (χ2v) is 7.08. The Morgan fingerprint density at radius 3 is 2.71 bits per heavy atom. The summed E-state index contributed by atoms with van der Waals surface area (Å²) in [7, 11) is 1.69. The fourth-order valence-corrected chi connectivity index (χ4v) is 3.34. The molecule has 1 saturated heterocycles. The number of carbonyl (C=O) groups excluding carboxylic acids is 1. The van der Waals surface area contributed by atoms with Gasteiger partial charge in [-0.25, -0.2) is 4.98 Å². The molecule has 1 atom stereocenters. The molecule has 4 rings (SSSR count). The van der Waals surface area contributed by atoms with Crippen LogP contribution in [0.25, 0.3) is 11.5 Å². The molecule has 31 heavy (non-hydrogen) atoms. The maximum Gasteiger partial charge on any atom is 0.417 e. The van der Waals surface area contributed by atoms with Crippen LogP contribution < -0.4 is 10.6 Å². The number of hydrogen-bond acceptors (Lipinski definition) is 7. The first-order valence-corrected chi connectivity index (χ1v) is 9.26. The van der Waals surface area contributed by atoms with E-state index in [1.165, 1.54) is 12.1 Å². The molecular weight excluding hydrogens is 415 g/mol. The highest BCUT2D eigenvalue weighted by molar-refractivity contribution is 5.91. The molecule has 3 aromatic rings. The number of anilines is 2. The zero-order valence-corrected chi connectivity index (χ0v) is 16.6. The molecule has 0 aromatic carbocycles. The van der Waals surface area contributed by atoms with Crippen LogP contribution in [0.5, 0.6) is 0 Å². The molecule has 0 radical (unpaired) electrons. The second kappa shape index (κ2) is 7.22. The Hall–Kier alpha value is -3.70. The Kier molecular flexibility index (Phi) is 4.79. The molecular formula is C19H18F3N7O2. The molecule has 0 saturated carbocycles. The van der Waals surface area contributed by atoms with Crippen molar-refractivity contribution >= 4 is 17.5 Å². The number of nitrogens with one attached hydrogen (secondary N) is 2. The minimum Gasteiger partial charge on any atom is -0.419 e. The zero-order chi connectivity index (χ0) is 22.4. The number of carbonyl (C=O) groups is 1. The molecule has 3 aromatic heterocycles. The topological polar surface area (TPSA) is 111 Å². The predicted molar refractivity (Wildman–Crippen MR) is 103 cm³/mol. The van der Waals surface area contributed by atoms with E-state index < -0.39 is 17.2 Å². The number of pyridine rings is 1. The van der Waals surface area contributed by atoms with E-state index in [-0.39, 0.29) is 29.3 Å². The van der Waals surface area contributed by atoms with Crippen LogP contribution in [-0.4, -0.2) is 37.4 Å². The SMILES string of the molecule is C=C[C@@]1(c2nnc(-c3c(Nc4ccc(C(F)(F)F)cn4)nn(C)c3C)o2)CCNC1=O. The molecule has 0 bridgehead atoms. The Labute approximate surface area is 174 Å². The van der Waals surface area contributed by atoms with Crippen molar-refractivity contribution in [1.82, 2.24) is 30.3 Å². The van der Waals surface area contributed by atoms with Crippen molar-refractivity contribution in [1.29, 1.82) is 0 Å². The monoisotopic (exact) mass is 433 g/mol. The highest BCUT2D eigenvalue weighted by Gasteiger charge is 2.46. The van der Waals surface area contributed by atoms with Crippen LogP contribution in [0.3, 0.4) is 0 Å². The Balaban J connectivity index is 1.69. The van der Waals surface area contributed by atoms with Gasteiger partial charge in [0.2, 0.25) is 11.8 Å². The van der Waals surface area contributed by atoms with E-state index in [1.807, 2.05) is 0 Å². The van der Waals surface area contributed by atoms with E-state index in [0.29, 0.717) is 24.2 Å². The first-order valence-electron chi connectivity index (χ1n) is 9.26. The smallest absolute Gasteiger partial charge is 0.417 e. The van der Waals surface area contributed by atoms with Crippen LogP contribution in [0, 0.1) is 6.92 Å². The van der Waals surface area contributed by atoms with Crippen molar-refractivity contribution in [2.75, 3.05) is 11.9 Å². The number of aromatic nitrogens is 5. The first-order chi connectivity index (χ1) is 14.7. The average molecular weight is 433 g/mol. The summed E-state index contributed by atoms with van der Waals surface area (Å²) in [5.41, 5.74) is -0.862. The van der Waals surface area contributed by atoms with Crippen LogP contribution in [0.4, 0.5) is 24.8 Å². The third-order valence-electron chi connectivity index (χ3n) is 5.25. The number of alkyl halides is 3. The molecule has 0 unspecified atom stereocenters. The maximum atomic E-state index is 12.8. The van der Waals surface area contributed by atoms with Crippen molar-refractivity contribution in [2.45, 2.75) is 24.9 Å². The van der Waals surface area contributed by atoms with E-state index in [0.717, 1.165) is 12.3 Å². The summed E-state index contributed by atoms with van der Waals surface area (Å²) in [6.45, 7) is 5.96. The number of hydrogen-bond donors (Lipinski definition) is 2. The van der Waals surface area contributed by atoms with Gasteiger partial charge >= 0.3 is 6.18 Å². The van der Waals surface area contributed by atoms with Crippen molar-refractivity contribution in [3.8, 4) is 11.5 Å². The van der Waals surface area contributed by atoms with Crippen molar-refractivity contribution in [2.24, 2.45) is 7.05 Å². The van der Waals surface area contributed by atoms with Crippen LogP contribution in [0.2, 0.25) is 0 Å². The van der Waals surface area contributed by atoms with Crippen LogP contribution in [0.1, 0.15) is 23.6 Å². The Morgan fingerprint density at radius 2 is 2.13 bits per heavy atom. The van der Waals surface area contributed by atoms with Gasteiger partial charge < -0.3 is 15.1 Å². The summed E-state index contributed by atoms with van der Waals surface area (Å²) < 4.78 is 45.7. The average Bonchev–Trinajstić information content (AvgIpc) is 3.41. The standard InChI is InChI=1S/C19H18F3N7O2/c1-4-18(7-8-23-16(18)30)17-27-26-15(31-17)13-10(2)29(3)28-14(13)25-12-6-5-11(9-24-12)19(20,21)22/h4-6,9H,1,7-8H2,2-3H3,(H,23,30)(H,24,25,28)/t18-/m1/s1. The number of halogens is 3. The third-order valence-corrected chi connectivity index (χ3v) is 5.25. The normalized spacial score (nSPS) is 18.8. The molecule has 1 aliphatic rings. The van der Waals surface area contributed by atoms with Gasteiger partial charge in [-0.2, -0.15) is 18.3 Å². The minimum atomic E-state index is -4.48. The van der Waals surface area contributed by atoms with Crippen LogP contribution in [-0.2, 0) is 23.4 Å². The van der Waals surface area contributed by atoms with Gasteiger partial charge in [0.25, 0.3) is 5.89 Å². The quantitative estimate of drug-likeness (QED) is 0.595. The zero-order valence-electron chi connectivity index (χ0n) is 16.6. The number of amides is 1. The predicted octanol–water partition coefficient (Wildman–Crippen LogP) is 2.88. The van der Waals surface area contributed by atoms with Gasteiger partial charge in [0.05, 0.1) is 5.56 Å². The van der Waals surface area contributed by atoms with Gasteiger partial charge in [-0.15, -0.1) is 16.8 Å². The molecule has 0 aliphatic carbocycles. The third kappa shape index (κ3) is 3.43. The summed E-state index contributed by atoms with van der Waals surface area (Å²) >= 11 is 0. The lowest BCUT2D eigenvalue weighted by Gasteiger charge is -2.15. The molecule has 162 valence electrons. The Bertz CT molecular complexity index is 1150. The van der Waals surface area contributed by atoms with E-state index >= 15 is 0 Å². The molecule has 0 spiro atoms. The number of rotatable bonds is 5. The Morgan fingerprint density at radius 1 is 1.35 bits per heavy atom. The molecule has 2 N–H and O–H groups in total. The summed E-state index contributed by atoms with van der Waals surface area (Å²) in [6, 6.07) is 2.12. The molecule has 9 nitrogen and oxygen atoms in total. The fraction of sp³-hybridized carbons (Fsp3) is 0.316. The van der Waals surface area contributed by atoms with Gasteiger partial charge in [-0.05, 0) is 25.5 Å². The fourth-order valence-electron chi connectivity index (χ4n) is 3.34. The maximum absolute atomic E-state index is 12.8. The number of aryl methyl sites for hydroxylation is 1. The van der Waals surface area contributed by atoms with Crippen LogP contribution >= 0.6 is 0 Å². The van der Waals surface area contributed by atoms with Gasteiger partial charge in [0.1, 0.15) is 16.8 Å². The lowest BCUT2D eigenvalue weighted by Crippen LogP contribution is -2.33. The lowest BCUT2D eigenvalue weighted by atomic mass is 9.86. The molecule has 4 heterocycles. The van der Waals surface area contributed by atoms with E-state index in [4.69, 9.17) is 4.42 Å². The highest BCUT2D eigenvalue weighted by Crippen LogP contribution is 2.37. The molecule has 1 amide bonds. The molecule has 1 aliphatic heterocycles. The lowest BCUT2D eigenvalue weighted by molar-refractivity contribution is -0.137. The molecule has 1 fully saturated rings. The van der Waals surface area contributed by atoms with Gasteiger partial charge in [0.15, 0.2) is 5.82 Å². The van der Waals surface area contributed by atoms with E-state index in [1.54, 1.807) is 18.7 Å². The van der Waals surface area contributed by atoms with E-state index in [9.17, 15) is 18.0 Å². The van der Waals surface area contributed by atoms with Crippen LogP contribution in [0.15, 0.2) is 35.4 Å². The van der Waals surface area contributed by atoms with Crippen molar-refractivity contribution < 1.29 is 22.4 Å². The summed E-state index contributed by atoms with van der Waals surface area (Å²) in [6.07, 6.45) is -1.83. The van der Waals surface area contributed by atoms with Crippen molar-refractivity contribution in [3.05, 3.63) is 48.1 Å². The largest absolute Gasteiger partial charge is 0.419 e. The van der Waals surface area contributed by atoms with Crippen molar-refractivity contribution in [3.63, 3.8) is 0 Å². The minimum absolute atomic E-state index is 0.106. The van der Waals surface area contributed by atoms with Gasteiger partial charge in [-0.3, -0.25) is 9.48 Å². The second-order valence-electron chi connectivity index (χ2n) is 7.08. The number of nitrogens with zero attached hydrogens (tertiary/aromatic N) is 5. The van der Waals surface area contributed by atoms with Gasteiger partial charge in [-0.1, -0.05) is 6.08 Å². The summed E-state index contributed by atoms with van der Waals surface area (Å²) in [5, 5.41) is 18.1. The highest BCUT2D eigenvalue weighted by atomic mass is 19.4. The van der Waals surface area contributed by atoms with Gasteiger partial charge in [0, 0.05) is 25.5 Å². The summed E-state index contributed by atoms with van der Waals surface area (Å²) in [4.78, 5) is 16.1.